The summed E-state index contributed by atoms with van der Waals surface area (Å²) in [6.07, 6.45) is 2.07. The van der Waals surface area contributed by atoms with E-state index in [1.54, 1.807) is 24.9 Å². The standard InChI is InChI=1S/C15H24FN3S.HI/c1-15(2,12-7-5-6-8-13(12)16)11-19-14(17-3)18-9-10-20-4;/h5-8H,9-11H2,1-4H3,(H2,17,18,19);1H. The smallest absolute Gasteiger partial charge is 0.191 e. The zero-order valence-corrected chi connectivity index (χ0v) is 16.2. The SMILES string of the molecule is CN=C(NCCSC)NCC(C)(C)c1ccccc1F.I. The fraction of sp³-hybridized carbons (Fsp3) is 0.533. The van der Waals surface area contributed by atoms with Crippen LogP contribution in [0.5, 0.6) is 0 Å². The average molecular weight is 425 g/mol. The molecule has 120 valence electrons. The van der Waals surface area contributed by atoms with Gasteiger partial charge in [-0.3, -0.25) is 4.99 Å². The van der Waals surface area contributed by atoms with Crippen LogP contribution in [0, 0.1) is 5.82 Å². The molecule has 0 saturated heterocycles. The molecule has 1 aromatic rings. The van der Waals surface area contributed by atoms with Crippen molar-refractivity contribution in [1.29, 1.82) is 0 Å². The summed E-state index contributed by atoms with van der Waals surface area (Å²) >= 11 is 1.78. The van der Waals surface area contributed by atoms with Gasteiger partial charge in [-0.15, -0.1) is 24.0 Å². The summed E-state index contributed by atoms with van der Waals surface area (Å²) in [5.74, 6) is 1.62. The number of benzene rings is 1. The van der Waals surface area contributed by atoms with Gasteiger partial charge in [-0.2, -0.15) is 11.8 Å². The van der Waals surface area contributed by atoms with Gasteiger partial charge in [-0.1, -0.05) is 32.0 Å². The molecule has 0 aromatic heterocycles. The Bertz CT molecular complexity index is 452. The molecule has 0 heterocycles. The average Bonchev–Trinajstić information content (AvgIpc) is 2.43. The van der Waals surface area contributed by atoms with Gasteiger partial charge in [0.25, 0.3) is 0 Å². The Labute approximate surface area is 148 Å². The molecule has 0 radical (unpaired) electrons. The minimum absolute atomic E-state index is 0. The summed E-state index contributed by atoms with van der Waals surface area (Å²) in [5.41, 5.74) is 0.412. The normalized spacial score (nSPS) is 11.8. The van der Waals surface area contributed by atoms with Crippen LogP contribution in [0.25, 0.3) is 0 Å². The van der Waals surface area contributed by atoms with Gasteiger partial charge in [0.05, 0.1) is 0 Å². The highest BCUT2D eigenvalue weighted by molar-refractivity contribution is 14.0. The number of rotatable bonds is 6. The maximum atomic E-state index is 13.9. The molecule has 21 heavy (non-hydrogen) atoms. The molecule has 0 fully saturated rings. The van der Waals surface area contributed by atoms with Gasteiger partial charge >= 0.3 is 0 Å². The van der Waals surface area contributed by atoms with Crippen molar-refractivity contribution in [2.24, 2.45) is 4.99 Å². The van der Waals surface area contributed by atoms with Crippen LogP contribution in [0.2, 0.25) is 0 Å². The highest BCUT2D eigenvalue weighted by atomic mass is 127. The van der Waals surface area contributed by atoms with Crippen LogP contribution in [0.3, 0.4) is 0 Å². The Morgan fingerprint density at radius 1 is 1.29 bits per heavy atom. The van der Waals surface area contributed by atoms with Crippen molar-refractivity contribution in [3.8, 4) is 0 Å². The lowest BCUT2D eigenvalue weighted by Crippen LogP contribution is -2.44. The topological polar surface area (TPSA) is 36.4 Å². The van der Waals surface area contributed by atoms with Gasteiger partial charge in [-0.25, -0.2) is 4.39 Å². The van der Waals surface area contributed by atoms with Crippen LogP contribution in [-0.2, 0) is 5.41 Å². The first-order valence-electron chi connectivity index (χ1n) is 6.69. The van der Waals surface area contributed by atoms with Gasteiger partial charge in [0, 0.05) is 31.3 Å². The number of guanidine groups is 1. The summed E-state index contributed by atoms with van der Waals surface area (Å²) in [4.78, 5) is 4.17. The van der Waals surface area contributed by atoms with Crippen LogP contribution in [0.1, 0.15) is 19.4 Å². The molecule has 0 aliphatic heterocycles. The Morgan fingerprint density at radius 3 is 2.52 bits per heavy atom. The molecule has 2 N–H and O–H groups in total. The van der Waals surface area contributed by atoms with E-state index in [9.17, 15) is 4.39 Å². The largest absolute Gasteiger partial charge is 0.356 e. The Kier molecular flexibility index (Phi) is 10.0. The third-order valence-electron chi connectivity index (χ3n) is 3.12. The molecule has 0 unspecified atom stereocenters. The minimum Gasteiger partial charge on any atom is -0.356 e. The van der Waals surface area contributed by atoms with E-state index in [0.29, 0.717) is 12.1 Å². The second kappa shape index (κ2) is 10.3. The number of hydrogen-bond acceptors (Lipinski definition) is 2. The first-order valence-corrected chi connectivity index (χ1v) is 8.09. The predicted octanol–water partition coefficient (Wildman–Crippen LogP) is 3.25. The van der Waals surface area contributed by atoms with Crippen LogP contribution >= 0.6 is 35.7 Å². The summed E-state index contributed by atoms with van der Waals surface area (Å²) in [5, 5.41) is 6.49. The third kappa shape index (κ3) is 6.86. The molecule has 6 heteroatoms. The zero-order chi connectivity index (χ0) is 15.0. The third-order valence-corrected chi connectivity index (χ3v) is 3.74. The number of aliphatic imine (C=N–C) groups is 1. The molecule has 0 saturated carbocycles. The van der Waals surface area contributed by atoms with E-state index in [1.165, 1.54) is 6.07 Å². The highest BCUT2D eigenvalue weighted by Crippen LogP contribution is 2.24. The summed E-state index contributed by atoms with van der Waals surface area (Å²) < 4.78 is 13.9. The van der Waals surface area contributed by atoms with E-state index in [0.717, 1.165) is 18.3 Å². The summed E-state index contributed by atoms with van der Waals surface area (Å²) in [6.45, 7) is 5.52. The van der Waals surface area contributed by atoms with Crippen molar-refractivity contribution in [2.45, 2.75) is 19.3 Å². The van der Waals surface area contributed by atoms with Gasteiger partial charge < -0.3 is 10.6 Å². The van der Waals surface area contributed by atoms with Crippen LogP contribution in [-0.4, -0.2) is 38.1 Å². The van der Waals surface area contributed by atoms with E-state index in [4.69, 9.17) is 0 Å². The predicted molar refractivity (Wildman–Crippen MR) is 103 cm³/mol. The Balaban J connectivity index is 0.00000400. The van der Waals surface area contributed by atoms with Crippen molar-refractivity contribution in [1.82, 2.24) is 10.6 Å². The quantitative estimate of drug-likeness (QED) is 0.318. The number of nitrogens with one attached hydrogen (secondary N) is 2. The summed E-state index contributed by atoms with van der Waals surface area (Å²) in [6, 6.07) is 6.92. The van der Waals surface area contributed by atoms with Crippen LogP contribution in [0.4, 0.5) is 4.39 Å². The van der Waals surface area contributed by atoms with Crippen molar-refractivity contribution < 1.29 is 4.39 Å². The van der Waals surface area contributed by atoms with Gasteiger partial charge in [-0.05, 0) is 17.9 Å². The maximum Gasteiger partial charge on any atom is 0.191 e. The molecule has 0 spiro atoms. The lowest BCUT2D eigenvalue weighted by atomic mass is 9.84. The Morgan fingerprint density at radius 2 is 1.95 bits per heavy atom. The van der Waals surface area contributed by atoms with Crippen molar-refractivity contribution in [3.63, 3.8) is 0 Å². The lowest BCUT2D eigenvalue weighted by molar-refractivity contribution is 0.473. The number of hydrogen-bond donors (Lipinski definition) is 2. The van der Waals surface area contributed by atoms with E-state index < -0.39 is 0 Å². The van der Waals surface area contributed by atoms with Gasteiger partial charge in [0.2, 0.25) is 0 Å². The molecule has 0 bridgehead atoms. The molecule has 0 atom stereocenters. The molecule has 1 rings (SSSR count). The van der Waals surface area contributed by atoms with E-state index in [-0.39, 0.29) is 35.2 Å². The van der Waals surface area contributed by atoms with Crippen molar-refractivity contribution in [2.75, 3.05) is 32.1 Å². The molecule has 1 aromatic carbocycles. The molecule has 0 aliphatic rings. The fourth-order valence-corrected chi connectivity index (χ4v) is 2.21. The summed E-state index contributed by atoms with van der Waals surface area (Å²) in [7, 11) is 1.74. The molecular weight excluding hydrogens is 400 g/mol. The molecule has 0 amide bonds. The number of halogens is 2. The van der Waals surface area contributed by atoms with Crippen molar-refractivity contribution in [3.05, 3.63) is 35.6 Å². The van der Waals surface area contributed by atoms with E-state index in [1.807, 2.05) is 26.0 Å². The highest BCUT2D eigenvalue weighted by Gasteiger charge is 2.24. The molecule has 3 nitrogen and oxygen atoms in total. The first kappa shape index (κ1) is 20.5. The Hall–Kier alpha value is -0.500. The van der Waals surface area contributed by atoms with E-state index >= 15 is 0 Å². The first-order chi connectivity index (χ1) is 9.51. The fourth-order valence-electron chi connectivity index (χ4n) is 1.90. The zero-order valence-electron chi connectivity index (χ0n) is 13.1. The maximum absolute atomic E-state index is 13.9. The second-order valence-electron chi connectivity index (χ2n) is 5.21. The van der Waals surface area contributed by atoms with Crippen LogP contribution in [0.15, 0.2) is 29.3 Å². The van der Waals surface area contributed by atoms with Gasteiger partial charge in [0.1, 0.15) is 5.82 Å². The number of thioether (sulfide) groups is 1. The second-order valence-corrected chi connectivity index (χ2v) is 6.19. The minimum atomic E-state index is -0.303. The van der Waals surface area contributed by atoms with Gasteiger partial charge in [0.15, 0.2) is 5.96 Å². The van der Waals surface area contributed by atoms with E-state index in [2.05, 4.69) is 21.9 Å². The lowest BCUT2D eigenvalue weighted by Gasteiger charge is -2.27. The molecule has 0 aliphatic carbocycles. The van der Waals surface area contributed by atoms with Crippen molar-refractivity contribution >= 4 is 41.7 Å². The number of nitrogens with zero attached hydrogens (tertiary/aromatic N) is 1. The molecular formula is C15H25FIN3S. The van der Waals surface area contributed by atoms with Crippen LogP contribution < -0.4 is 10.6 Å². The monoisotopic (exact) mass is 425 g/mol.